The minimum Gasteiger partial charge on any atom is -0.332 e. The van der Waals surface area contributed by atoms with Crippen molar-refractivity contribution in [3.8, 4) is 12.3 Å². The largest absolute Gasteiger partial charge is 0.332 e. The van der Waals surface area contributed by atoms with E-state index in [2.05, 4.69) is 5.92 Å². The van der Waals surface area contributed by atoms with Gasteiger partial charge in [0, 0.05) is 18.8 Å². The lowest BCUT2D eigenvalue weighted by atomic mass is 10.3. The Labute approximate surface area is 78.9 Å². The van der Waals surface area contributed by atoms with Crippen molar-refractivity contribution in [3.63, 3.8) is 0 Å². The van der Waals surface area contributed by atoms with Crippen molar-refractivity contribution >= 4 is 17.5 Å². The molecule has 2 nitrogen and oxygen atoms in total. The first-order chi connectivity index (χ1) is 5.76. The molecule has 0 atom stereocenters. The Morgan fingerprint density at radius 1 is 1.67 bits per heavy atom. The van der Waals surface area contributed by atoms with Gasteiger partial charge in [-0.05, 0) is 13.3 Å². The Balaban J connectivity index is 3.79. The summed E-state index contributed by atoms with van der Waals surface area (Å²) in [4.78, 5) is 12.9. The van der Waals surface area contributed by atoms with Crippen LogP contribution in [0.3, 0.4) is 0 Å². The van der Waals surface area contributed by atoms with Crippen LogP contribution in [-0.2, 0) is 4.79 Å². The van der Waals surface area contributed by atoms with Crippen molar-refractivity contribution in [2.45, 2.75) is 19.8 Å². The van der Waals surface area contributed by atoms with Gasteiger partial charge < -0.3 is 4.90 Å². The first-order valence-corrected chi connectivity index (χ1v) is 4.56. The van der Waals surface area contributed by atoms with E-state index in [0.717, 1.165) is 6.42 Å². The highest BCUT2D eigenvalue weighted by molar-refractivity contribution is 6.17. The van der Waals surface area contributed by atoms with Crippen LogP contribution in [-0.4, -0.2) is 29.8 Å². The fourth-order valence-electron chi connectivity index (χ4n) is 0.863. The summed E-state index contributed by atoms with van der Waals surface area (Å²) < 4.78 is 0. The highest BCUT2D eigenvalue weighted by atomic mass is 35.5. The van der Waals surface area contributed by atoms with E-state index >= 15 is 0 Å². The van der Waals surface area contributed by atoms with E-state index in [1.54, 1.807) is 4.90 Å². The van der Waals surface area contributed by atoms with Gasteiger partial charge in [0.1, 0.15) is 0 Å². The molecule has 0 aliphatic carbocycles. The van der Waals surface area contributed by atoms with Crippen LogP contribution in [0.5, 0.6) is 0 Å². The van der Waals surface area contributed by atoms with Gasteiger partial charge in [-0.1, -0.05) is 5.92 Å². The van der Waals surface area contributed by atoms with Crippen LogP contribution in [0.4, 0.5) is 0 Å². The summed E-state index contributed by atoms with van der Waals surface area (Å²) in [6, 6.07) is 0. The van der Waals surface area contributed by atoms with Crippen LogP contribution >= 0.6 is 11.6 Å². The average molecular weight is 188 g/mol. The maximum absolute atomic E-state index is 11.3. The summed E-state index contributed by atoms with van der Waals surface area (Å²) in [7, 11) is 0. The van der Waals surface area contributed by atoms with E-state index in [0.29, 0.717) is 25.4 Å². The molecule has 0 aliphatic heterocycles. The predicted octanol–water partition coefficient (Wildman–Crippen LogP) is 1.49. The summed E-state index contributed by atoms with van der Waals surface area (Å²) in [6.45, 7) is 2.98. The minimum atomic E-state index is 0.0936. The van der Waals surface area contributed by atoms with Crippen LogP contribution in [0.2, 0.25) is 0 Å². The van der Waals surface area contributed by atoms with Crippen molar-refractivity contribution in [2.75, 3.05) is 19.0 Å². The molecule has 0 aliphatic rings. The van der Waals surface area contributed by atoms with E-state index in [-0.39, 0.29) is 5.91 Å². The molecule has 0 spiro atoms. The molecular weight excluding hydrogens is 174 g/mol. The number of carbonyl (C=O) groups is 1. The van der Waals surface area contributed by atoms with Gasteiger partial charge in [0.25, 0.3) is 0 Å². The van der Waals surface area contributed by atoms with Crippen LogP contribution in [0.25, 0.3) is 0 Å². The van der Waals surface area contributed by atoms with Gasteiger partial charge in [0.15, 0.2) is 0 Å². The number of amides is 1. The predicted molar refractivity (Wildman–Crippen MR) is 51.0 cm³/mol. The number of nitrogens with zero attached hydrogens (tertiary/aromatic N) is 1. The van der Waals surface area contributed by atoms with Gasteiger partial charge in [-0.15, -0.1) is 18.0 Å². The number of terminal acetylenes is 1. The lowest BCUT2D eigenvalue weighted by molar-refractivity contribution is -0.130. The van der Waals surface area contributed by atoms with Gasteiger partial charge >= 0.3 is 0 Å². The van der Waals surface area contributed by atoms with Crippen molar-refractivity contribution in [1.82, 2.24) is 4.90 Å². The smallest absolute Gasteiger partial charge is 0.223 e. The Hall–Kier alpha value is -0.680. The quantitative estimate of drug-likeness (QED) is 0.472. The third-order valence-electron chi connectivity index (χ3n) is 1.54. The van der Waals surface area contributed by atoms with Crippen molar-refractivity contribution in [2.24, 2.45) is 0 Å². The van der Waals surface area contributed by atoms with E-state index in [1.807, 2.05) is 6.92 Å². The topological polar surface area (TPSA) is 20.3 Å². The molecule has 0 N–H and O–H groups in total. The molecule has 0 unspecified atom stereocenters. The average Bonchev–Trinajstić information content (AvgIpc) is 2.10. The van der Waals surface area contributed by atoms with E-state index in [9.17, 15) is 4.79 Å². The Kier molecular flexibility index (Phi) is 6.60. The lowest BCUT2D eigenvalue weighted by Crippen LogP contribution is -2.30. The zero-order valence-electron chi connectivity index (χ0n) is 7.35. The van der Waals surface area contributed by atoms with Crippen LogP contribution in [0, 0.1) is 12.3 Å². The summed E-state index contributed by atoms with van der Waals surface area (Å²) >= 11 is 5.46. The molecule has 0 bridgehead atoms. The standard InChI is InChI=1S/C9H14ClNO/c1-3-8-11(4-2)9(12)6-5-7-10/h1H,4-8H2,2H3. The second-order valence-corrected chi connectivity index (χ2v) is 2.78. The van der Waals surface area contributed by atoms with Gasteiger partial charge in [-0.2, -0.15) is 0 Å². The first kappa shape index (κ1) is 11.3. The third-order valence-corrected chi connectivity index (χ3v) is 1.81. The number of hydrogen-bond donors (Lipinski definition) is 0. The molecule has 3 heteroatoms. The summed E-state index contributed by atoms with van der Waals surface area (Å²) in [5, 5.41) is 0. The van der Waals surface area contributed by atoms with Crippen molar-refractivity contribution < 1.29 is 4.79 Å². The number of carbonyl (C=O) groups excluding carboxylic acids is 1. The maximum Gasteiger partial charge on any atom is 0.223 e. The van der Waals surface area contributed by atoms with Gasteiger partial charge in [-0.25, -0.2) is 0 Å². The third kappa shape index (κ3) is 4.25. The highest BCUT2D eigenvalue weighted by Crippen LogP contribution is 1.98. The molecule has 0 aromatic rings. The lowest BCUT2D eigenvalue weighted by Gasteiger charge is -2.17. The molecule has 1 amide bonds. The van der Waals surface area contributed by atoms with Crippen molar-refractivity contribution in [3.05, 3.63) is 0 Å². The molecule has 0 fully saturated rings. The molecular formula is C9H14ClNO. The van der Waals surface area contributed by atoms with E-state index < -0.39 is 0 Å². The molecule has 0 aromatic carbocycles. The first-order valence-electron chi connectivity index (χ1n) is 4.03. The zero-order valence-corrected chi connectivity index (χ0v) is 8.10. The Morgan fingerprint density at radius 2 is 2.33 bits per heavy atom. The molecule has 0 aromatic heterocycles. The van der Waals surface area contributed by atoms with E-state index in [4.69, 9.17) is 18.0 Å². The van der Waals surface area contributed by atoms with E-state index in [1.165, 1.54) is 0 Å². The molecule has 0 heterocycles. The molecule has 0 rings (SSSR count). The second-order valence-electron chi connectivity index (χ2n) is 2.40. The fraction of sp³-hybridized carbons (Fsp3) is 0.667. The molecule has 68 valence electrons. The van der Waals surface area contributed by atoms with Gasteiger partial charge in [0.2, 0.25) is 5.91 Å². The molecule has 12 heavy (non-hydrogen) atoms. The highest BCUT2D eigenvalue weighted by Gasteiger charge is 2.08. The normalized spacial score (nSPS) is 9.08. The number of alkyl halides is 1. The molecule has 0 radical (unpaired) electrons. The monoisotopic (exact) mass is 187 g/mol. The Morgan fingerprint density at radius 3 is 2.75 bits per heavy atom. The zero-order chi connectivity index (χ0) is 9.40. The SMILES string of the molecule is C#CCN(CC)C(=O)CCCCl. The number of halogens is 1. The van der Waals surface area contributed by atoms with Crippen molar-refractivity contribution in [1.29, 1.82) is 0 Å². The van der Waals surface area contributed by atoms with Crippen LogP contribution in [0.1, 0.15) is 19.8 Å². The van der Waals surface area contributed by atoms with Gasteiger partial charge in [-0.3, -0.25) is 4.79 Å². The minimum absolute atomic E-state index is 0.0936. The molecule has 0 saturated heterocycles. The van der Waals surface area contributed by atoms with Crippen LogP contribution < -0.4 is 0 Å². The maximum atomic E-state index is 11.3. The fourth-order valence-corrected chi connectivity index (χ4v) is 0.996. The second kappa shape index (κ2) is 7.00. The number of hydrogen-bond acceptors (Lipinski definition) is 1. The number of rotatable bonds is 5. The summed E-state index contributed by atoms with van der Waals surface area (Å²) in [5.74, 6) is 3.07. The Bertz CT molecular complexity index is 174. The summed E-state index contributed by atoms with van der Waals surface area (Å²) in [5.41, 5.74) is 0. The molecule has 0 saturated carbocycles. The van der Waals surface area contributed by atoms with Crippen LogP contribution in [0.15, 0.2) is 0 Å². The van der Waals surface area contributed by atoms with Gasteiger partial charge in [0.05, 0.1) is 6.54 Å². The summed E-state index contributed by atoms with van der Waals surface area (Å²) in [6.07, 6.45) is 6.32.